The maximum absolute atomic E-state index is 13.1. The number of nitrogens with one attached hydrogen (secondary N) is 1. The van der Waals surface area contributed by atoms with Gasteiger partial charge in [0.05, 0.1) is 0 Å². The number of halogens is 2. The van der Waals surface area contributed by atoms with Crippen LogP contribution in [0.3, 0.4) is 0 Å². The van der Waals surface area contributed by atoms with Gasteiger partial charge in [-0.1, -0.05) is 6.07 Å². The van der Waals surface area contributed by atoms with Crippen molar-refractivity contribution in [3.63, 3.8) is 0 Å². The first-order valence-corrected chi connectivity index (χ1v) is 8.28. The zero-order chi connectivity index (χ0) is 19.0. The summed E-state index contributed by atoms with van der Waals surface area (Å²) in [5.74, 6) is 1.10. The van der Waals surface area contributed by atoms with Crippen LogP contribution in [0.25, 0.3) is 0 Å². The molecule has 2 heterocycles. The standard InChI is InChI=1S/C18H16F2N2O5/c1-2-22(9-11-3-5-13-15(7-11)25-10-24-13)17(23)21-12-4-6-14-16(8-12)27-18(19,20)26-14/h3-8H,2,9-10H2,1H3,(H,21,23). The van der Waals surface area contributed by atoms with Gasteiger partial charge < -0.3 is 29.2 Å². The molecular formula is C18H16F2N2O5. The third kappa shape index (κ3) is 3.53. The lowest BCUT2D eigenvalue weighted by Crippen LogP contribution is -2.34. The molecule has 0 aliphatic carbocycles. The maximum atomic E-state index is 13.1. The summed E-state index contributed by atoms with van der Waals surface area (Å²) >= 11 is 0. The Morgan fingerprint density at radius 2 is 1.81 bits per heavy atom. The van der Waals surface area contributed by atoms with Crippen LogP contribution in [0, 0.1) is 0 Å². The van der Waals surface area contributed by atoms with E-state index in [1.54, 1.807) is 11.0 Å². The number of carbonyl (C=O) groups excluding carboxylic acids is 1. The van der Waals surface area contributed by atoms with Gasteiger partial charge in [-0.2, -0.15) is 0 Å². The second-order valence-corrected chi connectivity index (χ2v) is 5.96. The Balaban J connectivity index is 1.44. The van der Waals surface area contributed by atoms with Gasteiger partial charge in [0, 0.05) is 24.8 Å². The maximum Gasteiger partial charge on any atom is 0.586 e. The average Bonchev–Trinajstić information content (AvgIpc) is 3.20. The first kappa shape index (κ1) is 17.2. The van der Waals surface area contributed by atoms with Gasteiger partial charge in [0.1, 0.15) is 0 Å². The van der Waals surface area contributed by atoms with Crippen molar-refractivity contribution in [1.82, 2.24) is 4.90 Å². The molecule has 0 unspecified atom stereocenters. The summed E-state index contributed by atoms with van der Waals surface area (Å²) in [5, 5.41) is 2.67. The van der Waals surface area contributed by atoms with Crippen LogP contribution in [0.5, 0.6) is 23.0 Å². The zero-order valence-electron chi connectivity index (χ0n) is 14.3. The Labute approximate surface area is 153 Å². The Morgan fingerprint density at radius 1 is 1.07 bits per heavy atom. The fourth-order valence-corrected chi connectivity index (χ4v) is 2.82. The van der Waals surface area contributed by atoms with Crippen molar-refractivity contribution in [2.24, 2.45) is 0 Å². The number of amides is 2. The quantitative estimate of drug-likeness (QED) is 0.877. The molecule has 142 valence electrons. The summed E-state index contributed by atoms with van der Waals surface area (Å²) in [6, 6.07) is 9.17. The van der Waals surface area contributed by atoms with Crippen LogP contribution >= 0.6 is 0 Å². The average molecular weight is 378 g/mol. The van der Waals surface area contributed by atoms with Crippen LogP contribution < -0.4 is 24.3 Å². The summed E-state index contributed by atoms with van der Waals surface area (Å²) in [5.41, 5.74) is 1.20. The molecular weight excluding hydrogens is 362 g/mol. The number of carbonyl (C=O) groups is 1. The van der Waals surface area contributed by atoms with Crippen molar-refractivity contribution in [3.8, 4) is 23.0 Å². The molecule has 27 heavy (non-hydrogen) atoms. The first-order chi connectivity index (χ1) is 12.9. The molecule has 1 N–H and O–H groups in total. The topological polar surface area (TPSA) is 69.3 Å². The first-order valence-electron chi connectivity index (χ1n) is 8.28. The van der Waals surface area contributed by atoms with Crippen molar-refractivity contribution < 1.29 is 32.5 Å². The lowest BCUT2D eigenvalue weighted by atomic mass is 10.2. The summed E-state index contributed by atoms with van der Waals surface area (Å²) in [7, 11) is 0. The van der Waals surface area contributed by atoms with Gasteiger partial charge in [0.2, 0.25) is 6.79 Å². The van der Waals surface area contributed by atoms with E-state index in [4.69, 9.17) is 9.47 Å². The summed E-state index contributed by atoms with van der Waals surface area (Å²) < 4.78 is 45.5. The monoisotopic (exact) mass is 378 g/mol. The number of anilines is 1. The number of alkyl halides is 2. The van der Waals surface area contributed by atoms with Gasteiger partial charge >= 0.3 is 12.3 Å². The normalized spacial score (nSPS) is 15.5. The second-order valence-electron chi connectivity index (χ2n) is 5.96. The molecule has 2 aromatic rings. The summed E-state index contributed by atoms with van der Waals surface area (Å²) in [4.78, 5) is 14.1. The predicted molar refractivity (Wildman–Crippen MR) is 90.3 cm³/mol. The lowest BCUT2D eigenvalue weighted by Gasteiger charge is -2.21. The van der Waals surface area contributed by atoms with E-state index in [-0.39, 0.29) is 24.3 Å². The molecule has 7 nitrogen and oxygen atoms in total. The van der Waals surface area contributed by atoms with Gasteiger partial charge in [-0.05, 0) is 36.8 Å². The Hall–Kier alpha value is -3.23. The smallest absolute Gasteiger partial charge is 0.454 e. The van der Waals surface area contributed by atoms with E-state index in [9.17, 15) is 13.6 Å². The molecule has 0 radical (unpaired) electrons. The van der Waals surface area contributed by atoms with Crippen LogP contribution in [0.4, 0.5) is 19.3 Å². The Morgan fingerprint density at radius 3 is 2.63 bits per heavy atom. The van der Waals surface area contributed by atoms with Crippen molar-refractivity contribution in [1.29, 1.82) is 0 Å². The van der Waals surface area contributed by atoms with Crippen LogP contribution in [-0.4, -0.2) is 30.6 Å². The third-order valence-electron chi connectivity index (χ3n) is 4.13. The van der Waals surface area contributed by atoms with E-state index >= 15 is 0 Å². The Bertz CT molecular complexity index is 890. The predicted octanol–water partition coefficient (Wildman–Crippen LogP) is 3.79. The number of nitrogens with zero attached hydrogens (tertiary/aromatic N) is 1. The molecule has 0 saturated heterocycles. The molecule has 2 aliphatic rings. The van der Waals surface area contributed by atoms with E-state index in [0.717, 1.165) is 5.56 Å². The number of rotatable bonds is 4. The van der Waals surface area contributed by atoms with E-state index < -0.39 is 6.29 Å². The van der Waals surface area contributed by atoms with Gasteiger partial charge in [0.25, 0.3) is 0 Å². The second kappa shape index (κ2) is 6.49. The molecule has 0 bridgehead atoms. The lowest BCUT2D eigenvalue weighted by molar-refractivity contribution is -0.286. The minimum Gasteiger partial charge on any atom is -0.454 e. The number of ether oxygens (including phenoxy) is 4. The van der Waals surface area contributed by atoms with E-state index in [1.165, 1.54) is 18.2 Å². The number of urea groups is 1. The summed E-state index contributed by atoms with van der Waals surface area (Å²) in [6.07, 6.45) is -3.69. The van der Waals surface area contributed by atoms with Crippen molar-refractivity contribution >= 4 is 11.7 Å². The zero-order valence-corrected chi connectivity index (χ0v) is 14.3. The summed E-state index contributed by atoms with van der Waals surface area (Å²) in [6.45, 7) is 2.82. The molecule has 4 rings (SSSR count). The fraction of sp³-hybridized carbons (Fsp3) is 0.278. The van der Waals surface area contributed by atoms with E-state index in [2.05, 4.69) is 14.8 Å². The van der Waals surface area contributed by atoms with Gasteiger partial charge in [0.15, 0.2) is 23.0 Å². The fourth-order valence-electron chi connectivity index (χ4n) is 2.82. The molecule has 9 heteroatoms. The molecule has 2 aliphatic heterocycles. The van der Waals surface area contributed by atoms with Gasteiger partial charge in [-0.25, -0.2) is 4.79 Å². The molecule has 0 aromatic heterocycles. The van der Waals surface area contributed by atoms with Crippen molar-refractivity contribution in [2.45, 2.75) is 19.8 Å². The molecule has 2 amide bonds. The minimum atomic E-state index is -3.69. The van der Waals surface area contributed by atoms with Crippen LogP contribution in [0.1, 0.15) is 12.5 Å². The number of hydrogen-bond donors (Lipinski definition) is 1. The number of hydrogen-bond acceptors (Lipinski definition) is 5. The third-order valence-corrected chi connectivity index (χ3v) is 4.13. The number of fused-ring (bicyclic) bond motifs is 2. The molecule has 0 atom stereocenters. The highest BCUT2D eigenvalue weighted by Crippen LogP contribution is 2.42. The highest BCUT2D eigenvalue weighted by molar-refractivity contribution is 5.89. The van der Waals surface area contributed by atoms with Crippen molar-refractivity contribution in [2.75, 3.05) is 18.7 Å². The highest BCUT2D eigenvalue weighted by atomic mass is 19.3. The van der Waals surface area contributed by atoms with E-state index in [0.29, 0.717) is 30.3 Å². The van der Waals surface area contributed by atoms with Crippen LogP contribution in [0.2, 0.25) is 0 Å². The van der Waals surface area contributed by atoms with Crippen LogP contribution in [-0.2, 0) is 6.54 Å². The van der Waals surface area contributed by atoms with Gasteiger partial charge in [-0.15, -0.1) is 8.78 Å². The highest BCUT2D eigenvalue weighted by Gasteiger charge is 2.43. The molecule has 0 spiro atoms. The van der Waals surface area contributed by atoms with E-state index in [1.807, 2.05) is 19.1 Å². The SMILES string of the molecule is CCN(Cc1ccc2c(c1)OCO2)C(=O)Nc1ccc2c(c1)OC(F)(F)O2. The minimum absolute atomic E-state index is 0.0780. The largest absolute Gasteiger partial charge is 0.586 e. The molecule has 0 saturated carbocycles. The Kier molecular flexibility index (Phi) is 4.14. The van der Waals surface area contributed by atoms with Crippen LogP contribution in [0.15, 0.2) is 36.4 Å². The number of benzene rings is 2. The van der Waals surface area contributed by atoms with Crippen molar-refractivity contribution in [3.05, 3.63) is 42.0 Å². The van der Waals surface area contributed by atoms with Gasteiger partial charge in [-0.3, -0.25) is 0 Å². The molecule has 2 aromatic carbocycles. The molecule has 0 fully saturated rings.